The van der Waals surface area contributed by atoms with E-state index in [0.29, 0.717) is 6.42 Å². The Morgan fingerprint density at radius 1 is 1.50 bits per heavy atom. The molecule has 0 spiro atoms. The van der Waals surface area contributed by atoms with Crippen LogP contribution in [0.3, 0.4) is 0 Å². The second-order valence-electron chi connectivity index (χ2n) is 4.29. The number of Topliss-reactive ketones (excluding diaryl/α,β-unsaturated/α-hetero) is 1. The standard InChI is InChI=1S/C10H19NO/c1-7(12)6-9(11)8(2)10(3,4)5/h9H,2,6,11H2,1,3-5H3. The van der Waals surface area contributed by atoms with E-state index in [0.717, 1.165) is 5.57 Å². The minimum Gasteiger partial charge on any atom is -0.324 e. The van der Waals surface area contributed by atoms with Crippen molar-refractivity contribution in [3.63, 3.8) is 0 Å². The molecule has 2 heteroatoms. The highest BCUT2D eigenvalue weighted by molar-refractivity contribution is 5.76. The third kappa shape index (κ3) is 3.67. The van der Waals surface area contributed by atoms with Crippen molar-refractivity contribution < 1.29 is 4.79 Å². The van der Waals surface area contributed by atoms with Crippen LogP contribution in [0.1, 0.15) is 34.1 Å². The van der Waals surface area contributed by atoms with Crippen LogP contribution in [0, 0.1) is 5.41 Å². The first-order chi connectivity index (χ1) is 5.25. The van der Waals surface area contributed by atoms with Gasteiger partial charge in [0.05, 0.1) is 0 Å². The predicted molar refractivity (Wildman–Crippen MR) is 51.9 cm³/mol. The second kappa shape index (κ2) is 3.85. The molecule has 70 valence electrons. The molecular weight excluding hydrogens is 150 g/mol. The van der Waals surface area contributed by atoms with Crippen LogP contribution in [0.25, 0.3) is 0 Å². The number of carbonyl (C=O) groups excluding carboxylic acids is 1. The zero-order valence-electron chi connectivity index (χ0n) is 8.48. The first-order valence-corrected chi connectivity index (χ1v) is 4.19. The summed E-state index contributed by atoms with van der Waals surface area (Å²) in [6.07, 6.45) is 0.399. The number of ketones is 1. The Kier molecular flexibility index (Phi) is 3.65. The minimum absolute atomic E-state index is 0.00509. The number of rotatable bonds is 3. The van der Waals surface area contributed by atoms with E-state index in [4.69, 9.17) is 5.73 Å². The summed E-state index contributed by atoms with van der Waals surface area (Å²) in [4.78, 5) is 10.8. The van der Waals surface area contributed by atoms with Gasteiger partial charge in [-0.15, -0.1) is 0 Å². The van der Waals surface area contributed by atoms with Gasteiger partial charge >= 0.3 is 0 Å². The van der Waals surface area contributed by atoms with Crippen molar-refractivity contribution >= 4 is 5.78 Å². The zero-order chi connectivity index (χ0) is 9.94. The Hall–Kier alpha value is -0.630. The molecule has 2 N–H and O–H groups in total. The molecule has 0 amide bonds. The molecule has 12 heavy (non-hydrogen) atoms. The second-order valence-corrected chi connectivity index (χ2v) is 4.29. The molecule has 0 radical (unpaired) electrons. The van der Waals surface area contributed by atoms with Crippen molar-refractivity contribution in [2.24, 2.45) is 11.1 Å². The normalized spacial score (nSPS) is 14.1. The maximum Gasteiger partial charge on any atom is 0.131 e. The van der Waals surface area contributed by atoms with Crippen molar-refractivity contribution in [3.8, 4) is 0 Å². The lowest BCUT2D eigenvalue weighted by molar-refractivity contribution is -0.117. The van der Waals surface area contributed by atoms with Crippen molar-refractivity contribution in [1.29, 1.82) is 0 Å². The van der Waals surface area contributed by atoms with E-state index in [-0.39, 0.29) is 17.2 Å². The third-order valence-electron chi connectivity index (χ3n) is 1.92. The minimum atomic E-state index is -0.192. The monoisotopic (exact) mass is 169 g/mol. The van der Waals surface area contributed by atoms with Gasteiger partial charge in [0.1, 0.15) is 5.78 Å². The van der Waals surface area contributed by atoms with Gasteiger partial charge in [-0.2, -0.15) is 0 Å². The highest BCUT2D eigenvalue weighted by atomic mass is 16.1. The molecule has 0 rings (SSSR count). The third-order valence-corrected chi connectivity index (χ3v) is 1.92. The molecule has 1 atom stereocenters. The van der Waals surface area contributed by atoms with Crippen LogP contribution in [0.15, 0.2) is 12.2 Å². The van der Waals surface area contributed by atoms with Crippen LogP contribution < -0.4 is 5.73 Å². The molecular formula is C10H19NO. The van der Waals surface area contributed by atoms with Gasteiger partial charge in [0, 0.05) is 12.5 Å². The molecule has 0 aromatic rings. The summed E-state index contributed by atoms with van der Waals surface area (Å²) in [5.74, 6) is 0.118. The lowest BCUT2D eigenvalue weighted by Crippen LogP contribution is -2.31. The van der Waals surface area contributed by atoms with Gasteiger partial charge in [0.25, 0.3) is 0 Å². The van der Waals surface area contributed by atoms with Crippen LogP contribution in [-0.4, -0.2) is 11.8 Å². The van der Waals surface area contributed by atoms with Crippen molar-refractivity contribution in [2.45, 2.75) is 40.2 Å². The molecule has 0 aliphatic carbocycles. The summed E-state index contributed by atoms with van der Waals surface area (Å²) in [6.45, 7) is 11.6. The Morgan fingerprint density at radius 3 is 2.17 bits per heavy atom. The van der Waals surface area contributed by atoms with E-state index in [1.54, 1.807) is 6.92 Å². The van der Waals surface area contributed by atoms with Crippen LogP contribution in [0.5, 0.6) is 0 Å². The number of carbonyl (C=O) groups is 1. The predicted octanol–water partition coefficient (Wildman–Crippen LogP) is 1.90. The lowest BCUT2D eigenvalue weighted by Gasteiger charge is -2.26. The van der Waals surface area contributed by atoms with Gasteiger partial charge < -0.3 is 5.73 Å². The van der Waals surface area contributed by atoms with E-state index in [1.807, 2.05) is 0 Å². The summed E-state index contributed by atoms with van der Waals surface area (Å²) >= 11 is 0. The van der Waals surface area contributed by atoms with E-state index < -0.39 is 0 Å². The van der Waals surface area contributed by atoms with Gasteiger partial charge in [0.15, 0.2) is 0 Å². The van der Waals surface area contributed by atoms with Gasteiger partial charge in [-0.3, -0.25) is 4.79 Å². The average molecular weight is 169 g/mol. The molecule has 0 saturated heterocycles. The van der Waals surface area contributed by atoms with Crippen LogP contribution in [0.4, 0.5) is 0 Å². The number of hydrogen-bond donors (Lipinski definition) is 1. The first-order valence-electron chi connectivity index (χ1n) is 4.19. The average Bonchev–Trinajstić information content (AvgIpc) is 1.82. The van der Waals surface area contributed by atoms with Gasteiger partial charge in [0.2, 0.25) is 0 Å². The Morgan fingerprint density at radius 2 is 1.92 bits per heavy atom. The summed E-state index contributed by atoms with van der Waals surface area (Å²) in [5.41, 5.74) is 6.72. The topological polar surface area (TPSA) is 43.1 Å². The quantitative estimate of drug-likeness (QED) is 0.656. The van der Waals surface area contributed by atoms with Gasteiger partial charge in [-0.05, 0) is 12.3 Å². The molecule has 0 aromatic carbocycles. The zero-order valence-corrected chi connectivity index (χ0v) is 8.48. The van der Waals surface area contributed by atoms with Crippen molar-refractivity contribution in [1.82, 2.24) is 0 Å². The highest BCUT2D eigenvalue weighted by Gasteiger charge is 2.21. The Labute approximate surface area is 74.8 Å². The summed E-state index contributed by atoms with van der Waals surface area (Å²) in [6, 6.07) is -0.192. The fraction of sp³-hybridized carbons (Fsp3) is 0.700. The fourth-order valence-electron chi connectivity index (χ4n) is 0.989. The molecule has 0 aliphatic rings. The molecule has 0 aromatic heterocycles. The maximum atomic E-state index is 10.8. The molecule has 1 unspecified atom stereocenters. The number of nitrogens with two attached hydrogens (primary N) is 1. The van der Waals surface area contributed by atoms with E-state index in [9.17, 15) is 4.79 Å². The van der Waals surface area contributed by atoms with Gasteiger partial charge in [-0.1, -0.05) is 32.9 Å². The number of hydrogen-bond acceptors (Lipinski definition) is 2. The first kappa shape index (κ1) is 11.4. The largest absolute Gasteiger partial charge is 0.324 e. The van der Waals surface area contributed by atoms with Gasteiger partial charge in [-0.25, -0.2) is 0 Å². The van der Waals surface area contributed by atoms with E-state index >= 15 is 0 Å². The molecule has 2 nitrogen and oxygen atoms in total. The molecule has 0 fully saturated rings. The fourth-order valence-corrected chi connectivity index (χ4v) is 0.989. The molecule has 0 bridgehead atoms. The maximum absolute atomic E-state index is 10.8. The van der Waals surface area contributed by atoms with E-state index in [2.05, 4.69) is 27.4 Å². The summed E-state index contributed by atoms with van der Waals surface area (Å²) in [7, 11) is 0. The molecule has 0 heterocycles. The summed E-state index contributed by atoms with van der Waals surface area (Å²) in [5, 5.41) is 0. The molecule has 0 saturated carbocycles. The van der Waals surface area contributed by atoms with E-state index in [1.165, 1.54) is 0 Å². The van der Waals surface area contributed by atoms with Crippen LogP contribution >= 0.6 is 0 Å². The Bertz CT molecular complexity index is 189. The SMILES string of the molecule is C=C(C(N)CC(C)=O)C(C)(C)C. The van der Waals surface area contributed by atoms with Crippen LogP contribution in [0.2, 0.25) is 0 Å². The Balaban J connectivity index is 4.21. The lowest BCUT2D eigenvalue weighted by atomic mass is 9.82. The van der Waals surface area contributed by atoms with Crippen LogP contribution in [-0.2, 0) is 4.79 Å². The smallest absolute Gasteiger partial charge is 0.131 e. The summed E-state index contributed by atoms with van der Waals surface area (Å²) < 4.78 is 0. The molecule has 0 aliphatic heterocycles. The van der Waals surface area contributed by atoms with Crippen molar-refractivity contribution in [2.75, 3.05) is 0 Å². The highest BCUT2D eigenvalue weighted by Crippen LogP contribution is 2.26. The van der Waals surface area contributed by atoms with Crippen molar-refractivity contribution in [3.05, 3.63) is 12.2 Å².